The van der Waals surface area contributed by atoms with Crippen LogP contribution in [0.3, 0.4) is 0 Å². The van der Waals surface area contributed by atoms with Gasteiger partial charge in [0.2, 0.25) is 0 Å². The molecule has 0 amide bonds. The zero-order valence-electron chi connectivity index (χ0n) is 13.9. The van der Waals surface area contributed by atoms with Gasteiger partial charge in [-0.2, -0.15) is 0 Å². The third-order valence-electron chi connectivity index (χ3n) is 4.01. The molecular weight excluding hydrogens is 258 g/mol. The molecule has 0 saturated heterocycles. The number of hydrogen-bond acceptors (Lipinski definition) is 2. The summed E-state index contributed by atoms with van der Waals surface area (Å²) in [5.74, 6) is 0.967. The van der Waals surface area contributed by atoms with Gasteiger partial charge in [-0.05, 0) is 18.9 Å². The lowest BCUT2D eigenvalue weighted by molar-refractivity contribution is 0.299. The number of nitrogens with two attached hydrogens (primary N) is 1. The van der Waals surface area contributed by atoms with E-state index in [4.69, 9.17) is 10.5 Å². The average molecular weight is 291 g/mol. The second-order valence-corrected chi connectivity index (χ2v) is 5.88. The van der Waals surface area contributed by atoms with Crippen LogP contribution >= 0.6 is 0 Å². The smallest absolute Gasteiger partial charge is 0.124 e. The first-order valence-corrected chi connectivity index (χ1v) is 8.76. The van der Waals surface area contributed by atoms with Crippen LogP contribution in [-0.4, -0.2) is 6.61 Å². The normalized spacial score (nSPS) is 12.3. The Bertz CT molecular complexity index is 364. The zero-order chi connectivity index (χ0) is 15.3. The van der Waals surface area contributed by atoms with Gasteiger partial charge in [0, 0.05) is 11.6 Å². The van der Waals surface area contributed by atoms with Crippen molar-refractivity contribution in [1.29, 1.82) is 0 Å². The molecule has 0 unspecified atom stereocenters. The summed E-state index contributed by atoms with van der Waals surface area (Å²) in [6.45, 7) is 5.18. The highest BCUT2D eigenvalue weighted by molar-refractivity contribution is 5.35. The number of benzene rings is 1. The molecule has 0 aliphatic rings. The molecule has 1 aromatic rings. The predicted molar refractivity (Wildman–Crippen MR) is 91.8 cm³/mol. The monoisotopic (exact) mass is 291 g/mol. The standard InChI is InChI=1S/C19H33NO/c1-3-5-6-7-8-9-10-13-16-21-19-15-12-11-14-17(19)18(20)4-2/h11-12,14-15,18H,3-10,13,16,20H2,1-2H3/t18-/m0/s1. The van der Waals surface area contributed by atoms with Crippen molar-refractivity contribution in [2.75, 3.05) is 6.61 Å². The number of rotatable bonds is 12. The summed E-state index contributed by atoms with van der Waals surface area (Å²) in [4.78, 5) is 0. The van der Waals surface area contributed by atoms with Crippen LogP contribution < -0.4 is 10.5 Å². The third kappa shape index (κ3) is 7.52. The van der Waals surface area contributed by atoms with E-state index in [9.17, 15) is 0 Å². The van der Waals surface area contributed by atoms with Crippen LogP contribution in [-0.2, 0) is 0 Å². The SMILES string of the molecule is CCCCCCCCCCOc1ccccc1[C@@H](N)CC. The number of ether oxygens (including phenoxy) is 1. The first-order chi connectivity index (χ1) is 10.3. The Labute approximate surface area is 131 Å². The van der Waals surface area contributed by atoms with Gasteiger partial charge < -0.3 is 10.5 Å². The molecular formula is C19H33NO. The highest BCUT2D eigenvalue weighted by Crippen LogP contribution is 2.25. The third-order valence-corrected chi connectivity index (χ3v) is 4.01. The molecule has 120 valence electrons. The van der Waals surface area contributed by atoms with E-state index in [0.717, 1.165) is 30.8 Å². The lowest BCUT2D eigenvalue weighted by atomic mass is 10.0. The summed E-state index contributed by atoms with van der Waals surface area (Å²) < 4.78 is 5.93. The molecule has 0 radical (unpaired) electrons. The summed E-state index contributed by atoms with van der Waals surface area (Å²) in [6.07, 6.45) is 11.6. The van der Waals surface area contributed by atoms with E-state index in [0.29, 0.717) is 0 Å². The van der Waals surface area contributed by atoms with E-state index in [1.54, 1.807) is 0 Å². The quantitative estimate of drug-likeness (QED) is 0.507. The Kier molecular flexibility index (Phi) is 9.98. The Hall–Kier alpha value is -1.02. The molecule has 0 aliphatic heterocycles. The van der Waals surface area contributed by atoms with Gasteiger partial charge in [0.05, 0.1) is 6.61 Å². The first-order valence-electron chi connectivity index (χ1n) is 8.76. The van der Waals surface area contributed by atoms with Crippen molar-refractivity contribution in [2.24, 2.45) is 5.73 Å². The van der Waals surface area contributed by atoms with Crippen molar-refractivity contribution in [3.8, 4) is 5.75 Å². The molecule has 0 heterocycles. The maximum atomic E-state index is 6.12. The van der Waals surface area contributed by atoms with Crippen LogP contribution in [0.1, 0.15) is 83.2 Å². The molecule has 2 heteroatoms. The highest BCUT2D eigenvalue weighted by atomic mass is 16.5. The molecule has 0 aliphatic carbocycles. The van der Waals surface area contributed by atoms with Crippen LogP contribution in [0.4, 0.5) is 0 Å². The molecule has 0 bridgehead atoms. The van der Waals surface area contributed by atoms with E-state index in [1.165, 1.54) is 44.9 Å². The molecule has 2 N–H and O–H groups in total. The predicted octanol–water partition coefficient (Wildman–Crippen LogP) is 5.62. The van der Waals surface area contributed by atoms with Gasteiger partial charge in [0.15, 0.2) is 0 Å². The van der Waals surface area contributed by atoms with Crippen LogP contribution in [0.2, 0.25) is 0 Å². The Balaban J connectivity index is 2.15. The molecule has 1 atom stereocenters. The minimum absolute atomic E-state index is 0.0831. The molecule has 0 aromatic heterocycles. The largest absolute Gasteiger partial charge is 0.493 e. The maximum Gasteiger partial charge on any atom is 0.124 e. The minimum atomic E-state index is 0.0831. The van der Waals surface area contributed by atoms with Gasteiger partial charge in [-0.1, -0.05) is 77.0 Å². The van der Waals surface area contributed by atoms with Crippen LogP contribution in [0.25, 0.3) is 0 Å². The second kappa shape index (κ2) is 11.6. The Morgan fingerprint density at radius 2 is 1.52 bits per heavy atom. The number of para-hydroxylation sites is 1. The summed E-state index contributed by atoms with van der Waals surface area (Å²) >= 11 is 0. The van der Waals surface area contributed by atoms with E-state index < -0.39 is 0 Å². The molecule has 0 spiro atoms. The lowest BCUT2D eigenvalue weighted by Gasteiger charge is -2.15. The van der Waals surface area contributed by atoms with Gasteiger partial charge in [-0.3, -0.25) is 0 Å². The summed E-state index contributed by atoms with van der Waals surface area (Å²) in [5, 5.41) is 0. The van der Waals surface area contributed by atoms with Crippen molar-refractivity contribution in [1.82, 2.24) is 0 Å². The fourth-order valence-electron chi connectivity index (χ4n) is 2.56. The van der Waals surface area contributed by atoms with Gasteiger partial charge in [0.1, 0.15) is 5.75 Å². The second-order valence-electron chi connectivity index (χ2n) is 5.88. The van der Waals surface area contributed by atoms with Crippen molar-refractivity contribution in [3.05, 3.63) is 29.8 Å². The fraction of sp³-hybridized carbons (Fsp3) is 0.684. The molecule has 1 rings (SSSR count). The minimum Gasteiger partial charge on any atom is -0.493 e. The lowest BCUT2D eigenvalue weighted by Crippen LogP contribution is -2.11. The van der Waals surface area contributed by atoms with Gasteiger partial charge >= 0.3 is 0 Å². The summed E-state index contributed by atoms with van der Waals surface area (Å²) in [7, 11) is 0. The van der Waals surface area contributed by atoms with E-state index >= 15 is 0 Å². The van der Waals surface area contributed by atoms with E-state index in [2.05, 4.69) is 19.9 Å². The highest BCUT2D eigenvalue weighted by Gasteiger charge is 2.09. The Morgan fingerprint density at radius 3 is 2.19 bits per heavy atom. The average Bonchev–Trinajstić information content (AvgIpc) is 2.53. The van der Waals surface area contributed by atoms with Crippen molar-refractivity contribution >= 4 is 0 Å². The van der Waals surface area contributed by atoms with Crippen molar-refractivity contribution in [2.45, 2.75) is 77.7 Å². The topological polar surface area (TPSA) is 35.2 Å². The number of hydrogen-bond donors (Lipinski definition) is 1. The zero-order valence-corrected chi connectivity index (χ0v) is 13.9. The summed E-state index contributed by atoms with van der Waals surface area (Å²) in [6, 6.07) is 8.26. The van der Waals surface area contributed by atoms with Crippen LogP contribution in [0.15, 0.2) is 24.3 Å². The first kappa shape index (κ1) is 18.0. The molecule has 0 fully saturated rings. The van der Waals surface area contributed by atoms with E-state index in [-0.39, 0.29) is 6.04 Å². The molecule has 2 nitrogen and oxygen atoms in total. The van der Waals surface area contributed by atoms with Gasteiger partial charge in [-0.15, -0.1) is 0 Å². The van der Waals surface area contributed by atoms with Crippen molar-refractivity contribution in [3.63, 3.8) is 0 Å². The molecule has 0 saturated carbocycles. The van der Waals surface area contributed by atoms with Crippen LogP contribution in [0, 0.1) is 0 Å². The Morgan fingerprint density at radius 1 is 0.905 bits per heavy atom. The fourth-order valence-corrected chi connectivity index (χ4v) is 2.56. The van der Waals surface area contributed by atoms with Gasteiger partial charge in [-0.25, -0.2) is 0 Å². The summed E-state index contributed by atoms with van der Waals surface area (Å²) in [5.41, 5.74) is 7.26. The van der Waals surface area contributed by atoms with Gasteiger partial charge in [0.25, 0.3) is 0 Å². The maximum absolute atomic E-state index is 6.12. The van der Waals surface area contributed by atoms with Crippen molar-refractivity contribution < 1.29 is 4.74 Å². The number of unbranched alkanes of at least 4 members (excludes halogenated alkanes) is 7. The molecule has 21 heavy (non-hydrogen) atoms. The van der Waals surface area contributed by atoms with E-state index in [1.807, 2.05) is 18.2 Å². The van der Waals surface area contributed by atoms with Crippen LogP contribution in [0.5, 0.6) is 5.75 Å². The molecule has 1 aromatic carbocycles.